The van der Waals surface area contributed by atoms with Crippen molar-refractivity contribution < 1.29 is 9.15 Å². The third-order valence-corrected chi connectivity index (χ3v) is 6.33. The second kappa shape index (κ2) is 8.76. The molecule has 0 aliphatic carbocycles. The molecule has 1 fully saturated rings. The summed E-state index contributed by atoms with van der Waals surface area (Å²) in [5, 5.41) is 4.04. The van der Waals surface area contributed by atoms with E-state index >= 15 is 0 Å². The first-order valence-corrected chi connectivity index (χ1v) is 11.3. The fraction of sp³-hybridized carbons (Fsp3) is 0.120. The second-order valence-corrected chi connectivity index (χ2v) is 8.68. The number of pyridine rings is 1. The molecule has 32 heavy (non-hydrogen) atoms. The van der Waals surface area contributed by atoms with Crippen LogP contribution in [0.1, 0.15) is 23.5 Å². The largest absolute Gasteiger partial charge is 0.495 e. The van der Waals surface area contributed by atoms with Gasteiger partial charge in [-0.2, -0.15) is 0 Å². The van der Waals surface area contributed by atoms with Crippen LogP contribution in [0.15, 0.2) is 93.9 Å². The average molecular weight is 506 g/mol. The van der Waals surface area contributed by atoms with Crippen molar-refractivity contribution in [2.24, 2.45) is 0 Å². The number of benzene rings is 2. The zero-order chi connectivity index (χ0) is 22.1. The van der Waals surface area contributed by atoms with Gasteiger partial charge in [-0.1, -0.05) is 46.3 Å². The predicted octanol–water partition coefficient (Wildman–Crippen LogP) is 6.29. The molecule has 160 valence electrons. The summed E-state index contributed by atoms with van der Waals surface area (Å²) in [5.41, 5.74) is 2.77. The first-order valence-electron chi connectivity index (χ1n) is 10.1. The summed E-state index contributed by atoms with van der Waals surface area (Å²) < 4.78 is 13.1. The minimum atomic E-state index is -0.238. The highest BCUT2D eigenvalue weighted by Crippen LogP contribution is 2.45. The molecule has 0 spiro atoms. The maximum atomic E-state index is 6.39. The monoisotopic (exact) mass is 505 g/mol. The third kappa shape index (κ3) is 3.78. The summed E-state index contributed by atoms with van der Waals surface area (Å²) >= 11 is 9.27. The average Bonchev–Trinajstić information content (AvgIpc) is 3.44. The molecule has 0 saturated carbocycles. The Morgan fingerprint density at radius 1 is 1.00 bits per heavy atom. The van der Waals surface area contributed by atoms with Crippen LogP contribution >= 0.6 is 28.1 Å². The molecule has 3 heterocycles. The second-order valence-electron chi connectivity index (χ2n) is 7.38. The van der Waals surface area contributed by atoms with Crippen molar-refractivity contribution in [3.8, 4) is 17.1 Å². The van der Waals surface area contributed by atoms with E-state index in [2.05, 4.69) is 31.1 Å². The zero-order valence-corrected chi connectivity index (χ0v) is 19.6. The Labute approximate surface area is 200 Å². The lowest BCUT2D eigenvalue weighted by molar-refractivity contribution is 0.409. The number of nitrogens with zero attached hydrogens (tertiary/aromatic N) is 2. The number of rotatable bonds is 5. The highest BCUT2D eigenvalue weighted by molar-refractivity contribution is 9.10. The highest BCUT2D eigenvalue weighted by Gasteiger charge is 2.43. The van der Waals surface area contributed by atoms with E-state index in [4.69, 9.17) is 21.4 Å². The molecule has 0 bridgehead atoms. The van der Waals surface area contributed by atoms with Crippen LogP contribution in [-0.4, -0.2) is 17.2 Å². The van der Waals surface area contributed by atoms with Crippen LogP contribution in [0.3, 0.4) is 0 Å². The number of anilines is 1. The fourth-order valence-electron chi connectivity index (χ4n) is 4.01. The lowest BCUT2D eigenvalue weighted by Gasteiger charge is -2.27. The van der Waals surface area contributed by atoms with Gasteiger partial charge in [0.05, 0.1) is 24.5 Å². The van der Waals surface area contributed by atoms with E-state index in [-0.39, 0.29) is 12.1 Å². The van der Waals surface area contributed by atoms with Crippen LogP contribution in [0.4, 0.5) is 5.69 Å². The normalized spacial score (nSPS) is 17.9. The van der Waals surface area contributed by atoms with Crippen molar-refractivity contribution in [3.05, 3.63) is 101 Å². The Balaban J connectivity index is 1.61. The van der Waals surface area contributed by atoms with Crippen molar-refractivity contribution in [2.75, 3.05) is 12.0 Å². The van der Waals surface area contributed by atoms with E-state index in [1.54, 1.807) is 13.3 Å². The van der Waals surface area contributed by atoms with Gasteiger partial charge in [0.15, 0.2) is 5.11 Å². The van der Waals surface area contributed by atoms with Gasteiger partial charge in [0.2, 0.25) is 0 Å². The van der Waals surface area contributed by atoms with Gasteiger partial charge in [0, 0.05) is 16.2 Å². The standard InChI is InChI=1S/C25H20BrN3O2S/c1-30-21-8-3-2-7-19(21)29-24(23(28-25(29)32)18-6-4-5-15-27-18)22-14-13-20(31-22)16-9-11-17(26)12-10-16/h2-15,23-24H,1H3,(H,28,32)/t23-,24+/m1/s1. The van der Waals surface area contributed by atoms with Crippen LogP contribution < -0.4 is 15.0 Å². The van der Waals surface area contributed by atoms with Gasteiger partial charge in [0.25, 0.3) is 0 Å². The number of ether oxygens (including phenoxy) is 1. The topological polar surface area (TPSA) is 50.5 Å². The maximum Gasteiger partial charge on any atom is 0.174 e. The van der Waals surface area contributed by atoms with Gasteiger partial charge in [0.1, 0.15) is 23.3 Å². The summed E-state index contributed by atoms with van der Waals surface area (Å²) in [6.07, 6.45) is 1.79. The Hall–Kier alpha value is -3.16. The molecule has 2 aromatic heterocycles. The van der Waals surface area contributed by atoms with Crippen LogP contribution in [-0.2, 0) is 0 Å². The van der Waals surface area contributed by atoms with Crippen molar-refractivity contribution in [3.63, 3.8) is 0 Å². The molecule has 2 aromatic carbocycles. The SMILES string of the molecule is COc1ccccc1N1C(=S)N[C@H](c2ccccn2)[C@@H]1c1ccc(-c2ccc(Br)cc2)o1. The first kappa shape index (κ1) is 20.7. The zero-order valence-electron chi connectivity index (χ0n) is 17.2. The van der Waals surface area contributed by atoms with E-state index in [0.717, 1.165) is 38.7 Å². The van der Waals surface area contributed by atoms with E-state index in [1.807, 2.05) is 78.9 Å². The molecule has 7 heteroatoms. The van der Waals surface area contributed by atoms with Crippen molar-refractivity contribution >= 4 is 38.9 Å². The van der Waals surface area contributed by atoms with Crippen LogP contribution in [0, 0.1) is 0 Å². The van der Waals surface area contributed by atoms with Crippen molar-refractivity contribution in [2.45, 2.75) is 12.1 Å². The number of halogens is 1. The van der Waals surface area contributed by atoms with E-state index in [1.165, 1.54) is 0 Å². The fourth-order valence-corrected chi connectivity index (χ4v) is 4.62. The molecule has 1 aliphatic heterocycles. The lowest BCUT2D eigenvalue weighted by Crippen LogP contribution is -2.29. The lowest BCUT2D eigenvalue weighted by atomic mass is 10.0. The molecular weight excluding hydrogens is 486 g/mol. The quantitative estimate of drug-likeness (QED) is 0.321. The number of methoxy groups -OCH3 is 1. The first-order chi connectivity index (χ1) is 15.7. The maximum absolute atomic E-state index is 6.39. The number of nitrogens with one attached hydrogen (secondary N) is 1. The molecule has 0 unspecified atom stereocenters. The summed E-state index contributed by atoms with van der Waals surface area (Å²) in [4.78, 5) is 6.64. The summed E-state index contributed by atoms with van der Waals surface area (Å²) in [5.74, 6) is 2.32. The van der Waals surface area contributed by atoms with Gasteiger partial charge >= 0.3 is 0 Å². The number of furan rings is 1. The van der Waals surface area contributed by atoms with E-state index in [9.17, 15) is 0 Å². The molecule has 4 aromatic rings. The molecule has 1 saturated heterocycles. The Bertz CT molecular complexity index is 1240. The Morgan fingerprint density at radius 2 is 1.78 bits per heavy atom. The molecule has 1 aliphatic rings. The van der Waals surface area contributed by atoms with E-state index < -0.39 is 0 Å². The Morgan fingerprint density at radius 3 is 2.53 bits per heavy atom. The van der Waals surface area contributed by atoms with Gasteiger partial charge in [-0.25, -0.2) is 0 Å². The van der Waals surface area contributed by atoms with Gasteiger partial charge in [-0.3, -0.25) is 4.98 Å². The summed E-state index contributed by atoms with van der Waals surface area (Å²) in [6.45, 7) is 0. The third-order valence-electron chi connectivity index (χ3n) is 5.49. The number of thiocarbonyl (C=S) groups is 1. The van der Waals surface area contributed by atoms with Crippen molar-refractivity contribution in [1.82, 2.24) is 10.3 Å². The molecule has 5 rings (SSSR count). The predicted molar refractivity (Wildman–Crippen MR) is 133 cm³/mol. The summed E-state index contributed by atoms with van der Waals surface area (Å²) in [7, 11) is 1.66. The number of hydrogen-bond acceptors (Lipinski definition) is 4. The minimum Gasteiger partial charge on any atom is -0.495 e. The smallest absolute Gasteiger partial charge is 0.174 e. The highest BCUT2D eigenvalue weighted by atomic mass is 79.9. The van der Waals surface area contributed by atoms with Crippen molar-refractivity contribution in [1.29, 1.82) is 0 Å². The van der Waals surface area contributed by atoms with E-state index in [0.29, 0.717) is 5.11 Å². The van der Waals surface area contributed by atoms with Gasteiger partial charge in [-0.05, 0) is 60.7 Å². The summed E-state index contributed by atoms with van der Waals surface area (Å²) in [6, 6.07) is 25.4. The van der Waals surface area contributed by atoms with Gasteiger partial charge in [-0.15, -0.1) is 0 Å². The van der Waals surface area contributed by atoms with Gasteiger partial charge < -0.3 is 19.4 Å². The van der Waals surface area contributed by atoms with Crippen LogP contribution in [0.5, 0.6) is 5.75 Å². The Kier molecular flexibility index (Phi) is 5.68. The molecular formula is C25H20BrN3O2S. The molecule has 0 amide bonds. The molecule has 0 radical (unpaired) electrons. The molecule has 2 atom stereocenters. The number of aromatic nitrogens is 1. The molecule has 5 nitrogen and oxygen atoms in total. The number of para-hydroxylation sites is 2. The molecule has 1 N–H and O–H groups in total. The van der Waals surface area contributed by atoms with Crippen LogP contribution in [0.25, 0.3) is 11.3 Å². The van der Waals surface area contributed by atoms with Crippen LogP contribution in [0.2, 0.25) is 0 Å². The minimum absolute atomic E-state index is 0.183. The number of hydrogen-bond donors (Lipinski definition) is 1.